The second-order valence-electron chi connectivity index (χ2n) is 9.68. The average Bonchev–Trinajstić information content (AvgIpc) is 2.87. The van der Waals surface area contributed by atoms with Gasteiger partial charge in [0, 0.05) is 32.5 Å². The molecule has 2 heterocycles. The molecule has 0 radical (unpaired) electrons. The van der Waals surface area contributed by atoms with Crippen LogP contribution in [0.4, 0.5) is 0 Å². The van der Waals surface area contributed by atoms with Gasteiger partial charge in [0.1, 0.15) is 17.8 Å². The molecule has 0 aromatic heterocycles. The van der Waals surface area contributed by atoms with Crippen LogP contribution in [0.5, 0.6) is 5.75 Å². The Kier molecular flexibility index (Phi) is 10.5. The smallest absolute Gasteiger partial charge is 0.255 e. The van der Waals surface area contributed by atoms with Crippen molar-refractivity contribution in [2.45, 2.75) is 70.2 Å². The third kappa shape index (κ3) is 8.44. The van der Waals surface area contributed by atoms with Crippen LogP contribution in [0.15, 0.2) is 24.3 Å². The van der Waals surface area contributed by atoms with Crippen LogP contribution >= 0.6 is 0 Å². The second-order valence-corrected chi connectivity index (χ2v) is 9.68. The summed E-state index contributed by atoms with van der Waals surface area (Å²) in [4.78, 5) is 65.2. The average molecular weight is 532 g/mol. The lowest BCUT2D eigenvalue weighted by molar-refractivity contribution is -0.145. The molecule has 12 nitrogen and oxygen atoms in total. The van der Waals surface area contributed by atoms with Gasteiger partial charge in [0.2, 0.25) is 23.6 Å². The molecule has 1 saturated heterocycles. The molecular formula is C26H37N5O7. The number of nitrogens with one attached hydrogen (secondary N) is 3. The fourth-order valence-electron chi connectivity index (χ4n) is 4.54. The van der Waals surface area contributed by atoms with E-state index in [0.717, 1.165) is 0 Å². The number of carbonyl (C=O) groups excluding carboxylic acids is 5. The van der Waals surface area contributed by atoms with E-state index in [-0.39, 0.29) is 62.5 Å². The predicted octanol–water partition coefficient (Wildman–Crippen LogP) is -0.150. The number of hydrogen-bond donors (Lipinski definition) is 4. The van der Waals surface area contributed by atoms with Crippen LogP contribution in [-0.2, 0) is 23.9 Å². The standard InChI is InChI=1S/C26H37N5O7/c1-16-14-31(15-17(2)38-16)26(36)20-9-11-23(33)29-19(8-10-22(27)32)25(35)28-12-5-13-37-21-7-4-3-6-18(21)24(34)30-20/h3-4,6-7,16-17,19-20H,5,8-15H2,1-2H3,(H2,27,32)(H,28,35)(H,29,33)(H,30,34)/t16-,17+,19-,20-/m0/s1. The Balaban J connectivity index is 1.84. The van der Waals surface area contributed by atoms with Crippen LogP contribution in [0, 0.1) is 0 Å². The maximum Gasteiger partial charge on any atom is 0.255 e. The normalized spacial score (nSPS) is 25.7. The molecule has 2 aliphatic heterocycles. The predicted molar refractivity (Wildman–Crippen MR) is 137 cm³/mol. The van der Waals surface area contributed by atoms with Gasteiger partial charge in [-0.1, -0.05) is 12.1 Å². The van der Waals surface area contributed by atoms with E-state index in [9.17, 15) is 24.0 Å². The zero-order valence-electron chi connectivity index (χ0n) is 21.9. The highest BCUT2D eigenvalue weighted by Gasteiger charge is 2.33. The minimum Gasteiger partial charge on any atom is -0.493 e. The van der Waals surface area contributed by atoms with Gasteiger partial charge in [-0.2, -0.15) is 0 Å². The van der Waals surface area contributed by atoms with Crippen molar-refractivity contribution in [3.8, 4) is 5.75 Å². The molecule has 1 aromatic carbocycles. The first-order valence-electron chi connectivity index (χ1n) is 13.0. The number of morpholine rings is 1. The number of benzene rings is 1. The highest BCUT2D eigenvalue weighted by atomic mass is 16.5. The van der Waals surface area contributed by atoms with E-state index in [2.05, 4.69) is 16.0 Å². The number of carbonyl (C=O) groups is 5. The first-order chi connectivity index (χ1) is 18.1. The highest BCUT2D eigenvalue weighted by molar-refractivity contribution is 6.00. The molecule has 12 heteroatoms. The van der Waals surface area contributed by atoms with E-state index < -0.39 is 35.7 Å². The van der Waals surface area contributed by atoms with Gasteiger partial charge >= 0.3 is 0 Å². The van der Waals surface area contributed by atoms with Gasteiger partial charge < -0.3 is 36.1 Å². The largest absolute Gasteiger partial charge is 0.493 e. The minimum absolute atomic E-state index is 0.00368. The Morgan fingerprint density at radius 1 is 1.08 bits per heavy atom. The SMILES string of the molecule is C[C@@H]1CN(C(=O)[C@@H]2CCC(=O)N[C@@H](CCC(N)=O)C(=O)NCCCOc3ccccc3C(=O)N2)C[C@H](C)O1. The number of rotatable bonds is 4. The van der Waals surface area contributed by atoms with E-state index in [1.807, 2.05) is 13.8 Å². The zero-order valence-corrected chi connectivity index (χ0v) is 21.9. The van der Waals surface area contributed by atoms with E-state index in [1.165, 1.54) is 0 Å². The molecule has 1 fully saturated rings. The van der Waals surface area contributed by atoms with Gasteiger partial charge in [0.05, 0.1) is 24.4 Å². The summed E-state index contributed by atoms with van der Waals surface area (Å²) in [7, 11) is 0. The van der Waals surface area contributed by atoms with E-state index in [4.69, 9.17) is 15.2 Å². The van der Waals surface area contributed by atoms with Gasteiger partial charge in [0.15, 0.2) is 0 Å². The molecule has 0 unspecified atom stereocenters. The van der Waals surface area contributed by atoms with Gasteiger partial charge in [-0.3, -0.25) is 24.0 Å². The first-order valence-corrected chi connectivity index (χ1v) is 13.0. The Morgan fingerprint density at radius 2 is 1.79 bits per heavy atom. The van der Waals surface area contributed by atoms with Crippen molar-refractivity contribution >= 4 is 29.5 Å². The number of hydrogen-bond acceptors (Lipinski definition) is 7. The molecule has 0 aliphatic carbocycles. The molecule has 3 rings (SSSR count). The summed E-state index contributed by atoms with van der Waals surface area (Å²) in [6.45, 7) is 4.93. The van der Waals surface area contributed by atoms with E-state index in [0.29, 0.717) is 25.3 Å². The van der Waals surface area contributed by atoms with Crippen molar-refractivity contribution in [3.05, 3.63) is 29.8 Å². The number of ether oxygens (including phenoxy) is 2. The molecule has 0 saturated carbocycles. The lowest BCUT2D eigenvalue weighted by Gasteiger charge is -2.37. The summed E-state index contributed by atoms with van der Waals surface area (Å²) in [5, 5.41) is 8.16. The van der Waals surface area contributed by atoms with Crippen LogP contribution in [0.3, 0.4) is 0 Å². The van der Waals surface area contributed by atoms with Crippen molar-refractivity contribution < 1.29 is 33.4 Å². The van der Waals surface area contributed by atoms with Crippen LogP contribution in [0.2, 0.25) is 0 Å². The molecule has 5 N–H and O–H groups in total. The number of primary amides is 1. The van der Waals surface area contributed by atoms with Gasteiger partial charge in [-0.15, -0.1) is 0 Å². The summed E-state index contributed by atoms with van der Waals surface area (Å²) < 4.78 is 11.5. The number of para-hydroxylation sites is 1. The second kappa shape index (κ2) is 13.8. The van der Waals surface area contributed by atoms with Crippen LogP contribution in [-0.4, -0.2) is 85.0 Å². The molecule has 4 atom stereocenters. The molecule has 208 valence electrons. The Morgan fingerprint density at radius 3 is 2.50 bits per heavy atom. The third-order valence-electron chi connectivity index (χ3n) is 6.34. The fourth-order valence-corrected chi connectivity index (χ4v) is 4.54. The number of nitrogens with zero attached hydrogens (tertiary/aromatic N) is 1. The summed E-state index contributed by atoms with van der Waals surface area (Å²) in [5.41, 5.74) is 5.50. The summed E-state index contributed by atoms with van der Waals surface area (Å²) in [5.74, 6) is -1.98. The Bertz CT molecular complexity index is 1020. The van der Waals surface area contributed by atoms with Crippen LogP contribution < -0.4 is 26.4 Å². The molecule has 2 aliphatic rings. The molecular weight excluding hydrogens is 494 g/mol. The van der Waals surface area contributed by atoms with Crippen molar-refractivity contribution in [2.24, 2.45) is 5.73 Å². The third-order valence-corrected chi connectivity index (χ3v) is 6.34. The lowest BCUT2D eigenvalue weighted by Crippen LogP contribution is -2.55. The molecule has 0 spiro atoms. The monoisotopic (exact) mass is 531 g/mol. The molecule has 0 bridgehead atoms. The van der Waals surface area contributed by atoms with E-state index >= 15 is 0 Å². The quantitative estimate of drug-likeness (QED) is 0.419. The van der Waals surface area contributed by atoms with Gasteiger partial charge in [0.25, 0.3) is 5.91 Å². The van der Waals surface area contributed by atoms with Crippen molar-refractivity contribution in [1.82, 2.24) is 20.9 Å². The van der Waals surface area contributed by atoms with E-state index in [1.54, 1.807) is 29.2 Å². The maximum absolute atomic E-state index is 13.5. The first kappa shape index (κ1) is 28.9. The van der Waals surface area contributed by atoms with Crippen LogP contribution in [0.25, 0.3) is 0 Å². The number of nitrogens with two attached hydrogens (primary N) is 1. The summed E-state index contributed by atoms with van der Waals surface area (Å²) in [6, 6.07) is 4.73. The topological polar surface area (TPSA) is 169 Å². The number of fused-ring (bicyclic) bond motifs is 1. The molecule has 1 aromatic rings. The highest BCUT2D eigenvalue weighted by Crippen LogP contribution is 2.20. The molecule has 5 amide bonds. The van der Waals surface area contributed by atoms with Crippen molar-refractivity contribution in [2.75, 3.05) is 26.2 Å². The summed E-state index contributed by atoms with van der Waals surface area (Å²) in [6.07, 6.45) is -0.0818. The summed E-state index contributed by atoms with van der Waals surface area (Å²) >= 11 is 0. The van der Waals surface area contributed by atoms with Crippen molar-refractivity contribution in [1.29, 1.82) is 0 Å². The van der Waals surface area contributed by atoms with Gasteiger partial charge in [-0.25, -0.2) is 0 Å². The lowest BCUT2D eigenvalue weighted by atomic mass is 10.1. The zero-order chi connectivity index (χ0) is 27.7. The minimum atomic E-state index is -0.996. The maximum atomic E-state index is 13.5. The number of amides is 5. The van der Waals surface area contributed by atoms with Gasteiger partial charge in [-0.05, 0) is 45.2 Å². The van der Waals surface area contributed by atoms with Crippen molar-refractivity contribution in [3.63, 3.8) is 0 Å². The van der Waals surface area contributed by atoms with Crippen LogP contribution in [0.1, 0.15) is 56.3 Å². The fraction of sp³-hybridized carbons (Fsp3) is 0.577. The Labute approximate surface area is 222 Å². The Hall–Kier alpha value is -3.67. The molecule has 38 heavy (non-hydrogen) atoms.